The Labute approximate surface area is 269 Å². The van der Waals surface area contributed by atoms with Crippen molar-refractivity contribution in [3.63, 3.8) is 0 Å². The van der Waals surface area contributed by atoms with Crippen molar-refractivity contribution in [3.8, 4) is 0 Å². The van der Waals surface area contributed by atoms with Crippen molar-refractivity contribution in [2.75, 3.05) is 6.54 Å². The lowest BCUT2D eigenvalue weighted by atomic mass is 10.0. The Balaban J connectivity index is 3.50. The summed E-state index contributed by atoms with van der Waals surface area (Å²) in [6.45, 7) is 7.07. The molecular formula is C38H77N3O2. The SMILES string of the molecule is CCCCCCCCCCCCCCCCCC(=O)NN(CC)NC(=O)CCCCCCCCCCCCCCCCC. The van der Waals surface area contributed by atoms with E-state index in [4.69, 9.17) is 0 Å². The van der Waals surface area contributed by atoms with E-state index in [1.807, 2.05) is 6.92 Å². The molecule has 43 heavy (non-hydrogen) atoms. The topological polar surface area (TPSA) is 61.4 Å². The van der Waals surface area contributed by atoms with Gasteiger partial charge >= 0.3 is 0 Å². The van der Waals surface area contributed by atoms with Crippen LogP contribution in [0.25, 0.3) is 0 Å². The number of rotatable bonds is 35. The zero-order chi connectivity index (χ0) is 31.5. The quantitative estimate of drug-likeness (QED) is 0.0556. The first kappa shape index (κ1) is 41.9. The molecule has 0 radical (unpaired) electrons. The molecule has 0 bridgehead atoms. The van der Waals surface area contributed by atoms with Crippen LogP contribution < -0.4 is 10.9 Å². The molecule has 5 nitrogen and oxygen atoms in total. The van der Waals surface area contributed by atoms with E-state index in [2.05, 4.69) is 24.7 Å². The molecule has 5 heteroatoms. The van der Waals surface area contributed by atoms with E-state index in [9.17, 15) is 9.59 Å². The normalized spacial score (nSPS) is 11.3. The van der Waals surface area contributed by atoms with Gasteiger partial charge in [-0.25, -0.2) is 0 Å². The standard InChI is InChI=1S/C38H77N3O2/c1-4-7-9-11-13-15-17-19-21-23-25-27-29-31-33-35-37(42)39-41(6-3)40-38(43)36-34-32-30-28-26-24-22-20-18-16-14-12-10-8-5-2/h4-36H2,1-3H3,(H,39,42)(H,40,43). The molecule has 0 heterocycles. The highest BCUT2D eigenvalue weighted by molar-refractivity contribution is 5.77. The van der Waals surface area contributed by atoms with E-state index in [-0.39, 0.29) is 11.8 Å². The Morgan fingerprint density at radius 1 is 0.349 bits per heavy atom. The van der Waals surface area contributed by atoms with Crippen LogP contribution in [0.4, 0.5) is 0 Å². The Hall–Kier alpha value is -1.10. The van der Waals surface area contributed by atoms with Gasteiger partial charge in [0.2, 0.25) is 11.8 Å². The second-order valence-electron chi connectivity index (χ2n) is 13.2. The van der Waals surface area contributed by atoms with Gasteiger partial charge < -0.3 is 0 Å². The van der Waals surface area contributed by atoms with E-state index in [1.54, 1.807) is 5.12 Å². The Bertz CT molecular complexity index is 536. The largest absolute Gasteiger partial charge is 0.274 e. The summed E-state index contributed by atoms with van der Waals surface area (Å²) in [6, 6.07) is 0. The van der Waals surface area contributed by atoms with Crippen molar-refractivity contribution in [2.24, 2.45) is 0 Å². The van der Waals surface area contributed by atoms with Crippen LogP contribution in [-0.4, -0.2) is 23.5 Å². The maximum absolute atomic E-state index is 12.3. The van der Waals surface area contributed by atoms with Gasteiger partial charge in [-0.05, 0) is 19.8 Å². The van der Waals surface area contributed by atoms with Crippen LogP contribution in [-0.2, 0) is 9.59 Å². The van der Waals surface area contributed by atoms with Crippen molar-refractivity contribution in [1.82, 2.24) is 16.0 Å². The van der Waals surface area contributed by atoms with Crippen LogP contribution in [0.5, 0.6) is 0 Å². The molecule has 0 fully saturated rings. The number of nitrogens with one attached hydrogen (secondary N) is 2. The van der Waals surface area contributed by atoms with Crippen molar-refractivity contribution in [2.45, 2.75) is 226 Å². The molecule has 2 amide bonds. The fourth-order valence-corrected chi connectivity index (χ4v) is 5.91. The minimum Gasteiger partial charge on any atom is -0.274 e. The molecule has 0 aromatic carbocycles. The third-order valence-corrected chi connectivity index (χ3v) is 8.85. The zero-order valence-corrected chi connectivity index (χ0v) is 29.6. The molecule has 0 atom stereocenters. The van der Waals surface area contributed by atoms with Gasteiger partial charge in [0.15, 0.2) is 0 Å². The summed E-state index contributed by atoms with van der Waals surface area (Å²) in [5.74, 6) is 0.00707. The molecule has 0 saturated carbocycles. The number of hydrazine groups is 2. The number of nitrogens with zero attached hydrogens (tertiary/aromatic N) is 1. The summed E-state index contributed by atoms with van der Waals surface area (Å²) < 4.78 is 0. The zero-order valence-electron chi connectivity index (χ0n) is 29.6. The number of hydrogen-bond donors (Lipinski definition) is 2. The van der Waals surface area contributed by atoms with Crippen LogP contribution in [0.1, 0.15) is 226 Å². The second kappa shape index (κ2) is 35.4. The lowest BCUT2D eigenvalue weighted by molar-refractivity contribution is -0.133. The van der Waals surface area contributed by atoms with E-state index in [0.717, 1.165) is 25.7 Å². The van der Waals surface area contributed by atoms with E-state index in [0.29, 0.717) is 19.4 Å². The lowest BCUT2D eigenvalue weighted by Gasteiger charge is -2.22. The smallest absolute Gasteiger partial charge is 0.235 e. The summed E-state index contributed by atoms with van der Waals surface area (Å²) in [5, 5.41) is 1.56. The maximum atomic E-state index is 12.3. The number of amides is 2. The molecule has 0 aromatic heterocycles. The van der Waals surface area contributed by atoms with Gasteiger partial charge in [-0.3, -0.25) is 20.4 Å². The fraction of sp³-hybridized carbons (Fsp3) is 0.947. The number of carbonyl (C=O) groups excluding carboxylic acids is 2. The summed E-state index contributed by atoms with van der Waals surface area (Å²) in [5.41, 5.74) is 5.73. The summed E-state index contributed by atoms with van der Waals surface area (Å²) in [7, 11) is 0. The van der Waals surface area contributed by atoms with Gasteiger partial charge in [0.25, 0.3) is 0 Å². The first-order valence-corrected chi connectivity index (χ1v) is 19.5. The molecule has 256 valence electrons. The number of carbonyl (C=O) groups is 2. The first-order chi connectivity index (χ1) is 21.1. The van der Waals surface area contributed by atoms with Crippen LogP contribution in [0, 0.1) is 0 Å². The first-order valence-electron chi connectivity index (χ1n) is 19.5. The van der Waals surface area contributed by atoms with E-state index in [1.165, 1.54) is 167 Å². The van der Waals surface area contributed by atoms with Gasteiger partial charge in [0.1, 0.15) is 0 Å². The van der Waals surface area contributed by atoms with Gasteiger partial charge in [-0.2, -0.15) is 0 Å². The Morgan fingerprint density at radius 3 is 0.767 bits per heavy atom. The second-order valence-corrected chi connectivity index (χ2v) is 13.2. The lowest BCUT2D eigenvalue weighted by Crippen LogP contribution is -2.52. The molecule has 0 spiro atoms. The van der Waals surface area contributed by atoms with Gasteiger partial charge in [0.05, 0.1) is 0 Å². The number of unbranched alkanes of at least 4 members (excludes halogenated alkanes) is 28. The average molecular weight is 608 g/mol. The third kappa shape index (κ3) is 33.6. The maximum Gasteiger partial charge on any atom is 0.235 e. The molecule has 0 unspecified atom stereocenters. The minimum absolute atomic E-state index is 0.00354. The van der Waals surface area contributed by atoms with Crippen molar-refractivity contribution < 1.29 is 9.59 Å². The summed E-state index contributed by atoms with van der Waals surface area (Å²) in [6.07, 6.45) is 40.8. The van der Waals surface area contributed by atoms with Crippen LogP contribution in [0.2, 0.25) is 0 Å². The monoisotopic (exact) mass is 608 g/mol. The summed E-state index contributed by atoms with van der Waals surface area (Å²) >= 11 is 0. The molecular weight excluding hydrogens is 530 g/mol. The van der Waals surface area contributed by atoms with Gasteiger partial charge in [0, 0.05) is 19.4 Å². The van der Waals surface area contributed by atoms with Crippen LogP contribution in [0.15, 0.2) is 0 Å². The predicted molar refractivity (Wildman–Crippen MR) is 188 cm³/mol. The fourth-order valence-electron chi connectivity index (χ4n) is 5.91. The third-order valence-electron chi connectivity index (χ3n) is 8.85. The van der Waals surface area contributed by atoms with Crippen LogP contribution >= 0.6 is 0 Å². The average Bonchev–Trinajstić information content (AvgIpc) is 3.00. The molecule has 0 aliphatic carbocycles. The predicted octanol–water partition coefficient (Wildman–Crippen LogP) is 11.9. The van der Waals surface area contributed by atoms with Crippen LogP contribution in [0.3, 0.4) is 0 Å². The molecule has 0 saturated heterocycles. The van der Waals surface area contributed by atoms with Crippen molar-refractivity contribution in [1.29, 1.82) is 0 Å². The Kier molecular flexibility index (Phi) is 34.5. The molecule has 0 aliphatic rings. The van der Waals surface area contributed by atoms with Crippen molar-refractivity contribution >= 4 is 11.8 Å². The van der Waals surface area contributed by atoms with E-state index >= 15 is 0 Å². The highest BCUT2D eigenvalue weighted by Gasteiger charge is 2.10. The van der Waals surface area contributed by atoms with Crippen molar-refractivity contribution in [3.05, 3.63) is 0 Å². The van der Waals surface area contributed by atoms with Gasteiger partial charge in [-0.1, -0.05) is 194 Å². The van der Waals surface area contributed by atoms with E-state index < -0.39 is 0 Å². The highest BCUT2D eigenvalue weighted by Crippen LogP contribution is 2.15. The molecule has 0 rings (SSSR count). The molecule has 2 N–H and O–H groups in total. The number of hydrogen-bond acceptors (Lipinski definition) is 3. The highest BCUT2D eigenvalue weighted by atomic mass is 16.2. The summed E-state index contributed by atoms with van der Waals surface area (Å²) in [4.78, 5) is 24.7. The molecule has 0 aromatic rings. The Morgan fingerprint density at radius 2 is 0.558 bits per heavy atom. The van der Waals surface area contributed by atoms with Gasteiger partial charge in [-0.15, -0.1) is 5.12 Å². The minimum atomic E-state index is 0.00354. The molecule has 0 aliphatic heterocycles.